The molecule has 1 saturated heterocycles. The smallest absolute Gasteiger partial charge is 0.306 e. The molecule has 1 heterocycles. The average molecular weight is 344 g/mol. The SMILES string of the molecule is C[C@@]12CCC(O)CC1=CCC1C2CC[C@]2(C)C1CCC21CCC(=O)O1. The molecule has 1 N–H and O–H groups in total. The van der Waals surface area contributed by atoms with Crippen LogP contribution in [-0.2, 0) is 9.53 Å². The first-order valence-corrected chi connectivity index (χ1v) is 10.5. The predicted molar refractivity (Wildman–Crippen MR) is 95.8 cm³/mol. The summed E-state index contributed by atoms with van der Waals surface area (Å²) in [6.45, 7) is 4.91. The summed E-state index contributed by atoms with van der Waals surface area (Å²) in [5.41, 5.74) is 1.85. The second-order valence-corrected chi connectivity index (χ2v) is 10.1. The van der Waals surface area contributed by atoms with E-state index in [1.165, 1.54) is 31.3 Å². The van der Waals surface area contributed by atoms with E-state index in [9.17, 15) is 9.90 Å². The molecule has 5 aliphatic rings. The Kier molecular flexibility index (Phi) is 3.35. The van der Waals surface area contributed by atoms with Gasteiger partial charge < -0.3 is 9.84 Å². The van der Waals surface area contributed by atoms with Crippen LogP contribution < -0.4 is 0 Å². The molecule has 4 fully saturated rings. The van der Waals surface area contributed by atoms with Crippen molar-refractivity contribution in [1.82, 2.24) is 0 Å². The summed E-state index contributed by atoms with van der Waals surface area (Å²) in [6, 6.07) is 0. The van der Waals surface area contributed by atoms with Crippen molar-refractivity contribution < 1.29 is 14.6 Å². The van der Waals surface area contributed by atoms with Gasteiger partial charge in [0.05, 0.1) is 6.10 Å². The van der Waals surface area contributed by atoms with E-state index in [1.807, 2.05) is 0 Å². The Balaban J connectivity index is 1.49. The summed E-state index contributed by atoms with van der Waals surface area (Å²) in [4.78, 5) is 11.9. The fourth-order valence-corrected chi connectivity index (χ4v) is 7.94. The van der Waals surface area contributed by atoms with Crippen LogP contribution in [0.2, 0.25) is 0 Å². The molecular weight excluding hydrogens is 312 g/mol. The third kappa shape index (κ3) is 1.99. The van der Waals surface area contributed by atoms with Crippen molar-refractivity contribution in [3.05, 3.63) is 11.6 Å². The standard InChI is InChI=1S/C22H32O3/c1-20-9-5-15(23)13-14(20)3-4-16-17(20)6-10-21(2)18(16)7-11-22(21)12-8-19(24)25-22/h3,15-18,23H,4-13H2,1-2H3/t15?,16?,17?,18?,20-,21-,22?/m1/s1. The Morgan fingerprint density at radius 1 is 1.08 bits per heavy atom. The second kappa shape index (κ2) is 5.12. The topological polar surface area (TPSA) is 46.5 Å². The molecule has 0 bridgehead atoms. The Morgan fingerprint density at radius 2 is 1.88 bits per heavy atom. The Bertz CT molecular complexity index is 639. The predicted octanol–water partition coefficient (Wildman–Crippen LogP) is 4.39. The maximum Gasteiger partial charge on any atom is 0.306 e. The van der Waals surface area contributed by atoms with Crippen molar-refractivity contribution in [2.45, 2.75) is 89.8 Å². The molecule has 3 saturated carbocycles. The van der Waals surface area contributed by atoms with Crippen LogP contribution in [0, 0.1) is 28.6 Å². The highest BCUT2D eigenvalue weighted by molar-refractivity contribution is 5.72. The quantitative estimate of drug-likeness (QED) is 0.524. The van der Waals surface area contributed by atoms with Gasteiger partial charge in [-0.05, 0) is 81.0 Å². The van der Waals surface area contributed by atoms with E-state index in [-0.39, 0.29) is 23.1 Å². The molecule has 1 spiro atoms. The van der Waals surface area contributed by atoms with Gasteiger partial charge in [0.15, 0.2) is 0 Å². The lowest BCUT2D eigenvalue weighted by Gasteiger charge is -2.59. The number of hydrogen-bond acceptors (Lipinski definition) is 3. The molecule has 3 heteroatoms. The molecule has 7 atom stereocenters. The van der Waals surface area contributed by atoms with Crippen LogP contribution in [0.25, 0.3) is 0 Å². The van der Waals surface area contributed by atoms with Crippen LogP contribution >= 0.6 is 0 Å². The molecule has 0 amide bonds. The van der Waals surface area contributed by atoms with Gasteiger partial charge in [-0.2, -0.15) is 0 Å². The lowest BCUT2D eigenvalue weighted by atomic mass is 9.47. The van der Waals surface area contributed by atoms with Crippen molar-refractivity contribution >= 4 is 5.97 Å². The lowest BCUT2D eigenvalue weighted by Crippen LogP contribution is -2.54. The third-order valence-corrected chi connectivity index (χ3v) is 9.41. The highest BCUT2D eigenvalue weighted by Gasteiger charge is 2.66. The first kappa shape index (κ1) is 16.4. The van der Waals surface area contributed by atoms with Crippen molar-refractivity contribution in [3.8, 4) is 0 Å². The van der Waals surface area contributed by atoms with E-state index in [2.05, 4.69) is 19.9 Å². The van der Waals surface area contributed by atoms with E-state index in [4.69, 9.17) is 4.74 Å². The number of esters is 1. The summed E-state index contributed by atoms with van der Waals surface area (Å²) >= 11 is 0. The lowest BCUT2D eigenvalue weighted by molar-refractivity contribution is -0.167. The summed E-state index contributed by atoms with van der Waals surface area (Å²) in [5.74, 6) is 2.22. The average Bonchev–Trinajstić information content (AvgIpc) is 3.10. The van der Waals surface area contributed by atoms with Crippen LogP contribution in [0.3, 0.4) is 0 Å². The van der Waals surface area contributed by atoms with Gasteiger partial charge in [0.1, 0.15) is 5.60 Å². The summed E-state index contributed by atoms with van der Waals surface area (Å²) in [7, 11) is 0. The Labute approximate surface area is 151 Å². The van der Waals surface area contributed by atoms with E-state index >= 15 is 0 Å². The highest BCUT2D eigenvalue weighted by Crippen LogP contribution is 2.69. The number of fused-ring (bicyclic) bond motifs is 6. The maximum atomic E-state index is 11.9. The van der Waals surface area contributed by atoms with Gasteiger partial charge in [-0.3, -0.25) is 4.79 Å². The number of aliphatic hydroxyl groups excluding tert-OH is 1. The van der Waals surface area contributed by atoms with Crippen molar-refractivity contribution in [3.63, 3.8) is 0 Å². The van der Waals surface area contributed by atoms with Crippen molar-refractivity contribution in [2.24, 2.45) is 28.6 Å². The molecule has 5 unspecified atom stereocenters. The number of allylic oxidation sites excluding steroid dienone is 1. The minimum atomic E-state index is -0.159. The van der Waals surface area contributed by atoms with Gasteiger partial charge in [0.2, 0.25) is 0 Å². The number of hydrogen-bond donors (Lipinski definition) is 1. The third-order valence-electron chi connectivity index (χ3n) is 9.41. The van der Waals surface area contributed by atoms with E-state index in [0.29, 0.717) is 17.8 Å². The van der Waals surface area contributed by atoms with Crippen LogP contribution in [0.1, 0.15) is 78.1 Å². The number of ether oxygens (including phenoxy) is 1. The molecule has 25 heavy (non-hydrogen) atoms. The zero-order chi connectivity index (χ0) is 17.4. The van der Waals surface area contributed by atoms with Crippen LogP contribution in [0.15, 0.2) is 11.6 Å². The molecule has 138 valence electrons. The Hall–Kier alpha value is -0.830. The number of carbonyl (C=O) groups excluding carboxylic acids is 1. The number of rotatable bonds is 0. The minimum Gasteiger partial charge on any atom is -0.458 e. The maximum absolute atomic E-state index is 11.9. The molecule has 0 aromatic carbocycles. The van der Waals surface area contributed by atoms with Gasteiger partial charge in [-0.1, -0.05) is 25.5 Å². The molecule has 5 rings (SSSR count). The second-order valence-electron chi connectivity index (χ2n) is 10.1. The van der Waals surface area contributed by atoms with E-state index in [1.54, 1.807) is 0 Å². The first-order chi connectivity index (χ1) is 11.9. The summed E-state index contributed by atoms with van der Waals surface area (Å²) in [5, 5.41) is 10.1. The van der Waals surface area contributed by atoms with Crippen molar-refractivity contribution in [2.75, 3.05) is 0 Å². The van der Waals surface area contributed by atoms with Gasteiger partial charge in [-0.25, -0.2) is 0 Å². The van der Waals surface area contributed by atoms with E-state index in [0.717, 1.165) is 43.9 Å². The highest BCUT2D eigenvalue weighted by atomic mass is 16.6. The zero-order valence-corrected chi connectivity index (χ0v) is 15.7. The number of aliphatic hydroxyl groups is 1. The molecule has 4 aliphatic carbocycles. The minimum absolute atomic E-state index is 0.0306. The summed E-state index contributed by atoms with van der Waals surface area (Å²) < 4.78 is 6.02. The zero-order valence-electron chi connectivity index (χ0n) is 15.7. The van der Waals surface area contributed by atoms with Crippen LogP contribution in [0.5, 0.6) is 0 Å². The molecule has 0 aromatic rings. The summed E-state index contributed by atoms with van der Waals surface area (Å²) in [6.07, 6.45) is 12.9. The van der Waals surface area contributed by atoms with Gasteiger partial charge in [-0.15, -0.1) is 0 Å². The molecule has 0 aromatic heterocycles. The van der Waals surface area contributed by atoms with Gasteiger partial charge >= 0.3 is 5.97 Å². The van der Waals surface area contributed by atoms with Crippen molar-refractivity contribution in [1.29, 1.82) is 0 Å². The van der Waals surface area contributed by atoms with Crippen LogP contribution in [-0.4, -0.2) is 22.8 Å². The first-order valence-electron chi connectivity index (χ1n) is 10.5. The largest absolute Gasteiger partial charge is 0.458 e. The molecule has 3 nitrogen and oxygen atoms in total. The van der Waals surface area contributed by atoms with Gasteiger partial charge in [0.25, 0.3) is 0 Å². The fourth-order valence-electron chi connectivity index (χ4n) is 7.94. The fraction of sp³-hybridized carbons (Fsp3) is 0.864. The Morgan fingerprint density at radius 3 is 2.64 bits per heavy atom. The molecule has 0 radical (unpaired) electrons. The molecule has 1 aliphatic heterocycles. The monoisotopic (exact) mass is 344 g/mol. The van der Waals surface area contributed by atoms with Crippen LogP contribution in [0.4, 0.5) is 0 Å². The van der Waals surface area contributed by atoms with Gasteiger partial charge in [0, 0.05) is 11.8 Å². The number of carbonyl (C=O) groups is 1. The normalized spacial score (nSPS) is 54.5. The molecular formula is C22H32O3. The van der Waals surface area contributed by atoms with E-state index < -0.39 is 0 Å².